The molecule has 1 atom stereocenters. The van der Waals surface area contributed by atoms with Crippen molar-refractivity contribution in [1.29, 1.82) is 0 Å². The van der Waals surface area contributed by atoms with Crippen LogP contribution in [0.2, 0.25) is 5.02 Å². The van der Waals surface area contributed by atoms with Crippen LogP contribution in [0, 0.1) is 5.41 Å². The Kier molecular flexibility index (Phi) is 6.57. The normalized spacial score (nSPS) is 22.6. The van der Waals surface area contributed by atoms with Crippen LogP contribution in [-0.2, 0) is 25.2 Å². The van der Waals surface area contributed by atoms with Crippen LogP contribution in [0.1, 0.15) is 31.7 Å². The van der Waals surface area contributed by atoms with Gasteiger partial charge in [0.05, 0.1) is 23.7 Å². The van der Waals surface area contributed by atoms with Gasteiger partial charge in [-0.2, -0.15) is 0 Å². The Bertz CT molecular complexity index is 1140. The van der Waals surface area contributed by atoms with Gasteiger partial charge in [0.25, 0.3) is 0 Å². The van der Waals surface area contributed by atoms with Crippen molar-refractivity contribution in [2.75, 3.05) is 38.3 Å². The van der Waals surface area contributed by atoms with Crippen molar-refractivity contribution in [2.24, 2.45) is 5.41 Å². The molecule has 0 N–H and O–H groups in total. The number of hydrogen-bond donors (Lipinski definition) is 0. The lowest BCUT2D eigenvalue weighted by atomic mass is 9.80. The third kappa shape index (κ3) is 4.30. The van der Waals surface area contributed by atoms with Crippen LogP contribution in [0.25, 0.3) is 0 Å². The number of carbonyl (C=O) groups excluding carboxylic acids is 1. The number of amides is 1. The maximum Gasteiger partial charge on any atom is 0.244 e. The van der Waals surface area contributed by atoms with Gasteiger partial charge < -0.3 is 9.64 Å². The zero-order valence-corrected chi connectivity index (χ0v) is 20.3. The Labute approximate surface area is 199 Å². The number of sulfonamides is 1. The zero-order valence-electron chi connectivity index (χ0n) is 18.8. The quantitative estimate of drug-likeness (QED) is 0.546. The van der Waals surface area contributed by atoms with E-state index in [0.29, 0.717) is 31.4 Å². The number of rotatable bonds is 8. The molecule has 9 heteroatoms. The number of anilines is 1. The van der Waals surface area contributed by atoms with Crippen LogP contribution in [0.4, 0.5) is 10.1 Å². The maximum absolute atomic E-state index is 14.6. The van der Waals surface area contributed by atoms with Gasteiger partial charge in [-0.25, -0.2) is 17.1 Å². The van der Waals surface area contributed by atoms with Crippen LogP contribution in [0.15, 0.2) is 53.4 Å². The van der Waals surface area contributed by atoms with E-state index >= 15 is 0 Å². The van der Waals surface area contributed by atoms with Crippen LogP contribution in [0.5, 0.6) is 0 Å². The summed E-state index contributed by atoms with van der Waals surface area (Å²) in [4.78, 5) is 15.2. The van der Waals surface area contributed by atoms with Crippen LogP contribution in [-0.4, -0.2) is 52.0 Å². The summed E-state index contributed by atoms with van der Waals surface area (Å²) in [5.74, 6) is -0.0248. The molecule has 178 valence electrons. The molecule has 1 unspecified atom stereocenters. The average molecular weight is 495 g/mol. The predicted octanol–water partition coefficient (Wildman–Crippen LogP) is 4.38. The van der Waals surface area contributed by atoms with E-state index in [-0.39, 0.29) is 35.6 Å². The molecule has 0 aromatic heterocycles. The monoisotopic (exact) mass is 494 g/mol. The van der Waals surface area contributed by atoms with Gasteiger partial charge in [-0.1, -0.05) is 42.8 Å². The van der Waals surface area contributed by atoms with Gasteiger partial charge in [-0.05, 0) is 49.1 Å². The fourth-order valence-electron chi connectivity index (χ4n) is 4.51. The molecule has 2 fully saturated rings. The van der Waals surface area contributed by atoms with Crippen molar-refractivity contribution in [3.63, 3.8) is 0 Å². The summed E-state index contributed by atoms with van der Waals surface area (Å²) in [6.07, 6.45) is 1.64. The summed E-state index contributed by atoms with van der Waals surface area (Å²) in [6.45, 7) is 2.80. The van der Waals surface area contributed by atoms with Crippen molar-refractivity contribution in [2.45, 2.75) is 36.8 Å². The number of hydrogen-bond acceptors (Lipinski definition) is 4. The Morgan fingerprint density at radius 3 is 2.39 bits per heavy atom. The van der Waals surface area contributed by atoms with Gasteiger partial charge in [0.2, 0.25) is 15.9 Å². The number of ether oxygens (including phenoxy) is 1. The highest BCUT2D eigenvalue weighted by Crippen LogP contribution is 2.42. The van der Waals surface area contributed by atoms with Crippen molar-refractivity contribution in [3.05, 3.63) is 59.1 Å². The summed E-state index contributed by atoms with van der Waals surface area (Å²) in [6, 6.07) is 13.3. The first-order chi connectivity index (χ1) is 15.6. The third-order valence-electron chi connectivity index (χ3n) is 6.98. The number of alkyl halides is 1. The van der Waals surface area contributed by atoms with Crippen molar-refractivity contribution in [1.82, 2.24) is 4.31 Å². The lowest BCUT2D eigenvalue weighted by molar-refractivity contribution is -0.135. The molecular formula is C24H28ClFN2O4S. The largest absolute Gasteiger partial charge is 0.374 e. The van der Waals surface area contributed by atoms with Gasteiger partial charge in [-0.3, -0.25) is 4.79 Å². The van der Waals surface area contributed by atoms with Gasteiger partial charge in [0.1, 0.15) is 4.90 Å². The molecule has 0 radical (unpaired) electrons. The molecule has 1 amide bonds. The standard InChI is InChI=1S/C24H28ClFN2O4S/c1-3-23(12-14-27(2)33(30,31)21-7-5-4-6-20(21)25)13-15-28(22(23)29)19-10-8-18(9-11-19)24(26)16-32-17-24/h4-11H,3,12-17H2,1-2H3. The predicted molar refractivity (Wildman–Crippen MR) is 126 cm³/mol. The highest BCUT2D eigenvalue weighted by molar-refractivity contribution is 7.89. The Morgan fingerprint density at radius 2 is 1.82 bits per heavy atom. The fraction of sp³-hybridized carbons (Fsp3) is 0.458. The lowest BCUT2D eigenvalue weighted by Crippen LogP contribution is -2.42. The second-order valence-corrected chi connectivity index (χ2v) is 11.3. The zero-order chi connectivity index (χ0) is 23.9. The van der Waals surface area contributed by atoms with E-state index in [1.807, 2.05) is 6.92 Å². The number of halogens is 2. The highest BCUT2D eigenvalue weighted by Gasteiger charge is 2.46. The van der Waals surface area contributed by atoms with E-state index in [2.05, 4.69) is 0 Å². The molecule has 0 bridgehead atoms. The van der Waals surface area contributed by atoms with E-state index in [1.54, 1.807) is 47.4 Å². The van der Waals surface area contributed by atoms with Gasteiger partial charge >= 0.3 is 0 Å². The second-order valence-electron chi connectivity index (χ2n) is 8.85. The summed E-state index contributed by atoms with van der Waals surface area (Å²) in [5, 5.41) is 0.171. The fourth-order valence-corrected chi connectivity index (χ4v) is 6.17. The molecule has 4 rings (SSSR count). The Balaban J connectivity index is 1.46. The topological polar surface area (TPSA) is 66.9 Å². The van der Waals surface area contributed by atoms with E-state index in [9.17, 15) is 17.6 Å². The first-order valence-electron chi connectivity index (χ1n) is 11.0. The molecule has 2 aliphatic rings. The van der Waals surface area contributed by atoms with Crippen molar-refractivity contribution in [3.8, 4) is 0 Å². The minimum atomic E-state index is -3.76. The molecule has 2 aliphatic heterocycles. The Morgan fingerprint density at radius 1 is 1.15 bits per heavy atom. The van der Waals surface area contributed by atoms with E-state index in [4.69, 9.17) is 16.3 Å². The van der Waals surface area contributed by atoms with E-state index in [1.165, 1.54) is 17.4 Å². The SMILES string of the molecule is CCC1(CCN(C)S(=O)(=O)c2ccccc2Cl)CCN(c2ccc(C3(F)COC3)cc2)C1=O. The summed E-state index contributed by atoms with van der Waals surface area (Å²) in [7, 11) is -2.26. The number of benzene rings is 2. The summed E-state index contributed by atoms with van der Waals surface area (Å²) >= 11 is 6.10. The van der Waals surface area contributed by atoms with E-state index < -0.39 is 21.1 Å². The molecule has 0 spiro atoms. The first kappa shape index (κ1) is 24.1. The third-order valence-corrected chi connectivity index (χ3v) is 9.33. The first-order valence-corrected chi connectivity index (χ1v) is 12.8. The van der Waals surface area contributed by atoms with Gasteiger partial charge in [-0.15, -0.1) is 0 Å². The molecule has 2 aromatic carbocycles. The summed E-state index contributed by atoms with van der Waals surface area (Å²) < 4.78 is 46.7. The molecule has 2 saturated heterocycles. The maximum atomic E-state index is 14.6. The minimum Gasteiger partial charge on any atom is -0.374 e. The average Bonchev–Trinajstić information content (AvgIpc) is 3.12. The van der Waals surface area contributed by atoms with Gasteiger partial charge in [0.15, 0.2) is 5.67 Å². The molecule has 2 aromatic rings. The van der Waals surface area contributed by atoms with Crippen LogP contribution >= 0.6 is 11.6 Å². The highest BCUT2D eigenvalue weighted by atomic mass is 35.5. The van der Waals surface area contributed by atoms with Crippen LogP contribution in [0.3, 0.4) is 0 Å². The molecule has 33 heavy (non-hydrogen) atoms. The molecule has 2 heterocycles. The van der Waals surface area contributed by atoms with Crippen molar-refractivity contribution >= 4 is 33.2 Å². The minimum absolute atomic E-state index is 0.0248. The number of carbonyl (C=O) groups is 1. The van der Waals surface area contributed by atoms with Crippen LogP contribution < -0.4 is 4.90 Å². The molecular weight excluding hydrogens is 467 g/mol. The Hall–Kier alpha value is -2.00. The molecule has 6 nitrogen and oxygen atoms in total. The van der Waals surface area contributed by atoms with Gasteiger partial charge in [0, 0.05) is 25.8 Å². The molecule has 0 saturated carbocycles. The summed E-state index contributed by atoms with van der Waals surface area (Å²) in [5.41, 5.74) is -0.818. The lowest BCUT2D eigenvalue weighted by Gasteiger charge is -2.34. The molecule has 0 aliphatic carbocycles. The smallest absolute Gasteiger partial charge is 0.244 e. The second kappa shape index (κ2) is 8.98. The van der Waals surface area contributed by atoms with Crippen molar-refractivity contribution < 1.29 is 22.3 Å². The number of nitrogens with zero attached hydrogens (tertiary/aromatic N) is 2. The van der Waals surface area contributed by atoms with E-state index in [0.717, 1.165) is 5.69 Å².